The first-order chi connectivity index (χ1) is 17.8. The number of ether oxygens (including phenoxy) is 2. The van der Waals surface area contributed by atoms with Crippen LogP contribution >= 0.6 is 0 Å². The number of carbonyl (C=O) groups excluding carboxylic acids is 3. The predicted molar refractivity (Wildman–Crippen MR) is 124 cm³/mol. The van der Waals surface area contributed by atoms with Crippen LogP contribution in [0.5, 0.6) is 5.75 Å². The van der Waals surface area contributed by atoms with Crippen LogP contribution in [-0.2, 0) is 34.0 Å². The highest BCUT2D eigenvalue weighted by Crippen LogP contribution is 2.34. The molecule has 1 N–H and O–H groups in total. The largest absolute Gasteiger partial charge is 0.489 e. The normalized spacial score (nSPS) is 26.3. The molecular weight excluding hydrogens is 434 g/mol. The molecule has 0 spiro atoms. The standard InChI is InChI=1S/C26H27N3O5/c1-17-5-10-22(25(31)27-17)29-14-21-20(26(29)32)3-2-4-23(21)34-15-19-8-6-18(7-9-19)13-28-11-12-33-16-24(28)30/h2-4,6-9,22H,1,5,10-16H2,(H,27,31)/i5D,10D/hD. The lowest BCUT2D eigenvalue weighted by Crippen LogP contribution is -2.49. The second-order valence-corrected chi connectivity index (χ2v) is 8.43. The van der Waals surface area contributed by atoms with Crippen LogP contribution in [0.4, 0.5) is 0 Å². The van der Waals surface area contributed by atoms with Gasteiger partial charge < -0.3 is 24.6 Å². The van der Waals surface area contributed by atoms with Gasteiger partial charge in [0.25, 0.3) is 5.91 Å². The Hall–Kier alpha value is -3.65. The minimum atomic E-state index is -1.25. The molecule has 0 aromatic heterocycles. The number of nitrogens with zero attached hydrogens (tertiary/aromatic N) is 2. The molecule has 176 valence electrons. The third kappa shape index (κ3) is 4.41. The van der Waals surface area contributed by atoms with Crippen molar-refractivity contribution >= 4 is 17.7 Å². The van der Waals surface area contributed by atoms with Crippen molar-refractivity contribution in [3.63, 3.8) is 0 Å². The van der Waals surface area contributed by atoms with Gasteiger partial charge in [0.2, 0.25) is 11.8 Å². The summed E-state index contributed by atoms with van der Waals surface area (Å²) in [7, 11) is 0. The third-order valence-electron chi connectivity index (χ3n) is 6.14. The molecule has 5 rings (SSSR count). The Morgan fingerprint density at radius 2 is 1.97 bits per heavy atom. The Morgan fingerprint density at radius 3 is 2.76 bits per heavy atom. The molecule has 0 radical (unpaired) electrons. The van der Waals surface area contributed by atoms with Crippen molar-refractivity contribution in [3.8, 4) is 5.75 Å². The number of amides is 3. The first-order valence-electron chi connectivity index (χ1n) is 12.7. The number of piperidine rings is 1. The molecule has 2 saturated heterocycles. The Bertz CT molecular complexity index is 1250. The van der Waals surface area contributed by atoms with Gasteiger partial charge in [0.05, 0.1) is 13.2 Å². The van der Waals surface area contributed by atoms with Gasteiger partial charge in [-0.15, -0.1) is 0 Å². The minimum Gasteiger partial charge on any atom is -0.489 e. The summed E-state index contributed by atoms with van der Waals surface area (Å²) in [6.07, 6.45) is -2.42. The summed E-state index contributed by atoms with van der Waals surface area (Å²) in [6, 6.07) is 11.6. The number of hydrogen-bond donors (Lipinski definition) is 1. The molecule has 3 unspecified atom stereocenters. The van der Waals surface area contributed by atoms with Crippen molar-refractivity contribution in [1.29, 1.82) is 0 Å². The van der Waals surface area contributed by atoms with Crippen molar-refractivity contribution in [3.05, 3.63) is 77.0 Å². The summed E-state index contributed by atoms with van der Waals surface area (Å²) in [5, 5.41) is 0.527. The first-order valence-corrected chi connectivity index (χ1v) is 11.1. The summed E-state index contributed by atoms with van der Waals surface area (Å²) in [5.41, 5.74) is 2.83. The van der Waals surface area contributed by atoms with E-state index in [0.717, 1.165) is 11.1 Å². The smallest absolute Gasteiger partial charge is 0.255 e. The number of nitrogens with one attached hydrogen (secondary N) is 1. The van der Waals surface area contributed by atoms with Crippen molar-refractivity contribution in [1.82, 2.24) is 15.1 Å². The van der Waals surface area contributed by atoms with E-state index in [1.54, 1.807) is 23.1 Å². The zero-order valence-electron chi connectivity index (χ0n) is 21.6. The van der Waals surface area contributed by atoms with Crippen LogP contribution in [0.2, 0.25) is 1.41 Å². The van der Waals surface area contributed by atoms with E-state index in [2.05, 4.69) is 6.58 Å². The fraction of sp³-hybridized carbons (Fsp3) is 0.346. The van der Waals surface area contributed by atoms with Crippen LogP contribution in [0.3, 0.4) is 0 Å². The molecule has 2 aromatic carbocycles. The molecule has 3 amide bonds. The van der Waals surface area contributed by atoms with E-state index in [9.17, 15) is 14.4 Å². The van der Waals surface area contributed by atoms with Crippen LogP contribution in [0.15, 0.2) is 54.7 Å². The summed E-state index contributed by atoms with van der Waals surface area (Å²) >= 11 is 0. The maximum atomic E-state index is 13.2. The minimum absolute atomic E-state index is 0.0227. The highest BCUT2D eigenvalue weighted by molar-refractivity contribution is 6.02. The number of hydrogen-bond acceptors (Lipinski definition) is 5. The zero-order chi connectivity index (χ0) is 26.3. The molecule has 8 heteroatoms. The Balaban J connectivity index is 1.27. The Kier molecular flexibility index (Phi) is 5.13. The van der Waals surface area contributed by atoms with Gasteiger partial charge in [-0.3, -0.25) is 14.4 Å². The number of benzene rings is 2. The van der Waals surface area contributed by atoms with Crippen LogP contribution in [0, 0.1) is 0 Å². The van der Waals surface area contributed by atoms with Crippen LogP contribution in [0.25, 0.3) is 0 Å². The fourth-order valence-corrected chi connectivity index (χ4v) is 4.29. The van der Waals surface area contributed by atoms with E-state index in [1.807, 2.05) is 24.3 Å². The maximum absolute atomic E-state index is 13.2. The zero-order valence-corrected chi connectivity index (χ0v) is 18.6. The molecule has 0 aliphatic carbocycles. The summed E-state index contributed by atoms with van der Waals surface area (Å²) < 4.78 is 35.6. The van der Waals surface area contributed by atoms with Crippen molar-refractivity contribution < 1.29 is 28.0 Å². The van der Waals surface area contributed by atoms with Gasteiger partial charge in [0.1, 0.15) is 25.0 Å². The van der Waals surface area contributed by atoms with Crippen molar-refractivity contribution in [2.45, 2.75) is 38.5 Å². The SMILES string of the molecule is [2H]C1C(=C)N([2H])C(=O)C(N2Cc3c(OCc4ccc(CN5CCOCC5=O)cc4)cccc3C2=O)C1[2H]. The molecule has 3 aliphatic heterocycles. The van der Waals surface area contributed by atoms with Gasteiger partial charge in [-0.25, -0.2) is 0 Å². The highest BCUT2D eigenvalue weighted by Gasteiger charge is 2.39. The van der Waals surface area contributed by atoms with Gasteiger partial charge >= 0.3 is 0 Å². The number of rotatable bonds is 6. The molecule has 8 nitrogen and oxygen atoms in total. The molecular formula is C26H27N3O5. The van der Waals surface area contributed by atoms with Gasteiger partial charge in [-0.05, 0) is 36.1 Å². The average Bonchev–Trinajstić information content (AvgIpc) is 3.24. The van der Waals surface area contributed by atoms with E-state index in [4.69, 9.17) is 13.6 Å². The Morgan fingerprint density at radius 1 is 1.18 bits per heavy atom. The number of carbonyl (C=O) groups is 3. The van der Waals surface area contributed by atoms with Crippen molar-refractivity contribution in [2.75, 3.05) is 19.8 Å². The van der Waals surface area contributed by atoms with E-state index in [0.29, 0.717) is 41.9 Å². The summed E-state index contributed by atoms with van der Waals surface area (Å²) in [5.74, 6) is -0.691. The molecule has 3 atom stereocenters. The maximum Gasteiger partial charge on any atom is 0.255 e. The van der Waals surface area contributed by atoms with Crippen LogP contribution in [0.1, 0.15) is 42.6 Å². The third-order valence-corrected chi connectivity index (χ3v) is 6.14. The van der Waals surface area contributed by atoms with E-state index < -0.39 is 30.6 Å². The van der Waals surface area contributed by atoms with E-state index >= 15 is 0 Å². The molecule has 3 aliphatic rings. The lowest BCUT2D eigenvalue weighted by molar-refractivity contribution is -0.143. The molecule has 0 bridgehead atoms. The number of fused-ring (bicyclic) bond motifs is 1. The molecule has 0 saturated carbocycles. The molecule has 2 fully saturated rings. The lowest BCUT2D eigenvalue weighted by atomic mass is 10.0. The lowest BCUT2D eigenvalue weighted by Gasteiger charge is -2.31. The van der Waals surface area contributed by atoms with Gasteiger partial charge in [0, 0.05) is 32.7 Å². The highest BCUT2D eigenvalue weighted by atomic mass is 16.5. The van der Waals surface area contributed by atoms with Gasteiger partial charge in [-0.1, -0.05) is 36.9 Å². The van der Waals surface area contributed by atoms with Crippen LogP contribution in [-0.4, -0.2) is 53.3 Å². The summed E-state index contributed by atoms with van der Waals surface area (Å²) in [4.78, 5) is 40.9. The molecule has 34 heavy (non-hydrogen) atoms. The summed E-state index contributed by atoms with van der Waals surface area (Å²) in [6.45, 7) is 5.61. The van der Waals surface area contributed by atoms with E-state index in [-0.39, 0.29) is 31.4 Å². The fourth-order valence-electron chi connectivity index (χ4n) is 4.29. The topological polar surface area (TPSA) is 88.2 Å². The second-order valence-electron chi connectivity index (χ2n) is 8.43. The van der Waals surface area contributed by atoms with E-state index in [1.165, 1.54) is 4.90 Å². The Labute approximate surface area is 202 Å². The number of allylic oxidation sites excluding steroid dienone is 1. The molecule has 3 heterocycles. The average molecular weight is 465 g/mol. The first kappa shape index (κ1) is 18.7. The number of morpholine rings is 1. The van der Waals surface area contributed by atoms with Crippen molar-refractivity contribution in [2.24, 2.45) is 0 Å². The molecule has 2 aromatic rings. The van der Waals surface area contributed by atoms with Crippen LogP contribution < -0.4 is 10.0 Å². The quantitative estimate of drug-likeness (QED) is 0.709. The second kappa shape index (κ2) is 9.30. The predicted octanol–water partition coefficient (Wildman–Crippen LogP) is 2.37. The van der Waals surface area contributed by atoms with Gasteiger partial charge in [-0.2, -0.15) is 0 Å². The van der Waals surface area contributed by atoms with Gasteiger partial charge in [0.15, 0.2) is 1.41 Å². The monoisotopic (exact) mass is 464 g/mol.